The number of hydrogen-bond acceptors (Lipinski definition) is 3. The van der Waals surface area contributed by atoms with Gasteiger partial charge in [-0.2, -0.15) is 5.10 Å². The largest absolute Gasteiger partial charge is 0.316 e. The van der Waals surface area contributed by atoms with E-state index in [2.05, 4.69) is 10.4 Å². The maximum atomic E-state index is 11.7. The third-order valence-corrected chi connectivity index (χ3v) is 3.38. The highest BCUT2D eigenvalue weighted by Gasteiger charge is 2.16. The Labute approximate surface area is 99.3 Å². The summed E-state index contributed by atoms with van der Waals surface area (Å²) in [7, 11) is 0. The number of fused-ring (bicyclic) bond motifs is 1. The third-order valence-electron chi connectivity index (χ3n) is 3.38. The Bertz CT molecular complexity index is 586. The van der Waals surface area contributed by atoms with E-state index in [4.69, 9.17) is 0 Å². The van der Waals surface area contributed by atoms with Gasteiger partial charge in [0.15, 0.2) is 0 Å². The first-order valence-electron chi connectivity index (χ1n) is 6.00. The molecule has 1 aromatic carbocycles. The number of aromatic nitrogens is 2. The summed E-state index contributed by atoms with van der Waals surface area (Å²) in [5, 5.41) is 8.24. The van der Waals surface area contributed by atoms with Gasteiger partial charge in [0.1, 0.15) is 0 Å². The van der Waals surface area contributed by atoms with E-state index in [1.807, 2.05) is 28.9 Å². The minimum Gasteiger partial charge on any atom is -0.316 e. The van der Waals surface area contributed by atoms with Gasteiger partial charge in [-0.25, -0.2) is 0 Å². The summed E-state index contributed by atoms with van der Waals surface area (Å²) in [6.07, 6.45) is 2.54. The number of nitrogens with one attached hydrogen (secondary N) is 1. The Morgan fingerprint density at radius 3 is 2.94 bits per heavy atom. The van der Waals surface area contributed by atoms with Crippen molar-refractivity contribution < 1.29 is 0 Å². The normalized spacial score (nSPS) is 16.0. The molecule has 0 atom stereocenters. The molecule has 0 spiro atoms. The second-order valence-corrected chi connectivity index (χ2v) is 4.56. The predicted octanol–water partition coefficient (Wildman–Crippen LogP) is 1.01. The van der Waals surface area contributed by atoms with Crippen molar-refractivity contribution in [3.05, 3.63) is 40.7 Å². The molecular weight excluding hydrogens is 214 g/mol. The van der Waals surface area contributed by atoms with E-state index in [0.29, 0.717) is 0 Å². The molecule has 2 heterocycles. The highest BCUT2D eigenvalue weighted by molar-refractivity contribution is 5.77. The van der Waals surface area contributed by atoms with Crippen molar-refractivity contribution >= 4 is 10.9 Å². The molecule has 0 radical (unpaired) electrons. The molecule has 88 valence electrons. The minimum atomic E-state index is 0.00200. The van der Waals surface area contributed by atoms with Crippen LogP contribution in [0.25, 0.3) is 10.9 Å². The molecular formula is C13H15N3O. The molecule has 4 heteroatoms. The lowest BCUT2D eigenvalue weighted by atomic mass is 9.99. The summed E-state index contributed by atoms with van der Waals surface area (Å²) in [5.41, 5.74) is 0.939. The second-order valence-electron chi connectivity index (χ2n) is 4.56. The smallest absolute Gasteiger partial charge is 0.207 e. The summed E-state index contributed by atoms with van der Waals surface area (Å²) in [4.78, 5) is 11.7. The van der Waals surface area contributed by atoms with Gasteiger partial charge in [0.25, 0.3) is 0 Å². The Morgan fingerprint density at radius 1 is 1.35 bits per heavy atom. The summed E-state index contributed by atoms with van der Waals surface area (Å²) in [6.45, 7) is 3.10. The molecule has 4 nitrogen and oxygen atoms in total. The fraction of sp³-hybridized carbons (Fsp3) is 0.385. The molecule has 0 amide bonds. The summed E-state index contributed by atoms with van der Waals surface area (Å²) in [5.74, 6) is 0.759. The molecule has 1 aliphatic rings. The van der Waals surface area contributed by atoms with Crippen molar-refractivity contribution in [3.8, 4) is 0 Å². The van der Waals surface area contributed by atoms with Gasteiger partial charge in [-0.15, -0.1) is 0 Å². The minimum absolute atomic E-state index is 0.00200. The SMILES string of the molecule is O=c1cnn(CCC2CNC2)c2ccccc12. The van der Waals surface area contributed by atoms with Crippen molar-refractivity contribution in [3.63, 3.8) is 0 Å². The quantitative estimate of drug-likeness (QED) is 0.854. The molecule has 1 aromatic heterocycles. The highest BCUT2D eigenvalue weighted by atomic mass is 16.1. The summed E-state index contributed by atoms with van der Waals surface area (Å²) < 4.78 is 1.94. The molecule has 0 unspecified atom stereocenters. The third kappa shape index (κ3) is 1.96. The van der Waals surface area contributed by atoms with E-state index in [1.54, 1.807) is 0 Å². The topological polar surface area (TPSA) is 46.9 Å². The Hall–Kier alpha value is -1.68. The maximum absolute atomic E-state index is 11.7. The lowest BCUT2D eigenvalue weighted by Gasteiger charge is -2.27. The van der Waals surface area contributed by atoms with Crippen molar-refractivity contribution in [2.45, 2.75) is 13.0 Å². The molecule has 0 bridgehead atoms. The van der Waals surface area contributed by atoms with Crippen LogP contribution in [0.1, 0.15) is 6.42 Å². The van der Waals surface area contributed by atoms with Gasteiger partial charge in [-0.3, -0.25) is 9.48 Å². The fourth-order valence-corrected chi connectivity index (χ4v) is 2.20. The molecule has 1 fully saturated rings. The van der Waals surface area contributed by atoms with Crippen molar-refractivity contribution in [1.82, 2.24) is 15.1 Å². The monoisotopic (exact) mass is 229 g/mol. The zero-order chi connectivity index (χ0) is 11.7. The standard InChI is InChI=1S/C13H15N3O/c17-13-9-15-16(6-5-10-7-14-8-10)12-4-2-1-3-11(12)13/h1-4,9-10,14H,5-8H2. The first-order chi connectivity index (χ1) is 8.34. The molecule has 1 aliphatic heterocycles. The van der Waals surface area contributed by atoms with Gasteiger partial charge in [0, 0.05) is 11.9 Å². The van der Waals surface area contributed by atoms with Crippen molar-refractivity contribution in [2.24, 2.45) is 5.92 Å². The van der Waals surface area contributed by atoms with Crippen LogP contribution in [-0.4, -0.2) is 22.9 Å². The van der Waals surface area contributed by atoms with Crippen LogP contribution in [0.5, 0.6) is 0 Å². The van der Waals surface area contributed by atoms with Crippen LogP contribution in [0.2, 0.25) is 0 Å². The Morgan fingerprint density at radius 2 is 2.18 bits per heavy atom. The molecule has 3 rings (SSSR count). The van der Waals surface area contributed by atoms with E-state index in [-0.39, 0.29) is 5.43 Å². The van der Waals surface area contributed by atoms with Gasteiger partial charge in [-0.1, -0.05) is 12.1 Å². The number of para-hydroxylation sites is 1. The van der Waals surface area contributed by atoms with Gasteiger partial charge >= 0.3 is 0 Å². The molecule has 2 aromatic rings. The van der Waals surface area contributed by atoms with E-state index < -0.39 is 0 Å². The number of rotatable bonds is 3. The first-order valence-corrected chi connectivity index (χ1v) is 6.00. The van der Waals surface area contributed by atoms with Crippen LogP contribution in [0.15, 0.2) is 35.3 Å². The zero-order valence-corrected chi connectivity index (χ0v) is 9.60. The van der Waals surface area contributed by atoms with Crippen molar-refractivity contribution in [1.29, 1.82) is 0 Å². The first kappa shape index (κ1) is 10.5. The van der Waals surface area contributed by atoms with Crippen molar-refractivity contribution in [2.75, 3.05) is 13.1 Å². The Balaban J connectivity index is 1.92. The predicted molar refractivity (Wildman–Crippen MR) is 67.0 cm³/mol. The molecule has 1 N–H and O–H groups in total. The average molecular weight is 229 g/mol. The second kappa shape index (κ2) is 4.30. The number of benzene rings is 1. The van der Waals surface area contributed by atoms with Crippen LogP contribution in [0.4, 0.5) is 0 Å². The van der Waals surface area contributed by atoms with E-state index in [0.717, 1.165) is 42.9 Å². The average Bonchev–Trinajstić information content (AvgIpc) is 2.30. The van der Waals surface area contributed by atoms with Crippen LogP contribution < -0.4 is 10.7 Å². The number of aryl methyl sites for hydroxylation is 1. The van der Waals surface area contributed by atoms with Crippen LogP contribution >= 0.6 is 0 Å². The van der Waals surface area contributed by atoms with Crippen LogP contribution in [0.3, 0.4) is 0 Å². The highest BCUT2D eigenvalue weighted by Crippen LogP contribution is 2.12. The lowest BCUT2D eigenvalue weighted by Crippen LogP contribution is -2.42. The zero-order valence-electron chi connectivity index (χ0n) is 9.60. The summed E-state index contributed by atoms with van der Waals surface area (Å²) >= 11 is 0. The van der Waals surface area contributed by atoms with Gasteiger partial charge in [-0.05, 0) is 37.6 Å². The Kier molecular flexibility index (Phi) is 2.65. The molecule has 17 heavy (non-hydrogen) atoms. The van der Waals surface area contributed by atoms with Crippen LogP contribution in [0, 0.1) is 5.92 Å². The van der Waals surface area contributed by atoms with E-state index >= 15 is 0 Å². The number of hydrogen-bond donors (Lipinski definition) is 1. The molecule has 1 saturated heterocycles. The summed E-state index contributed by atoms with van der Waals surface area (Å²) in [6, 6.07) is 7.66. The molecule has 0 aliphatic carbocycles. The number of nitrogens with zero attached hydrogens (tertiary/aromatic N) is 2. The maximum Gasteiger partial charge on any atom is 0.207 e. The van der Waals surface area contributed by atoms with E-state index in [1.165, 1.54) is 6.20 Å². The molecule has 0 saturated carbocycles. The van der Waals surface area contributed by atoms with Gasteiger partial charge in [0.2, 0.25) is 5.43 Å². The van der Waals surface area contributed by atoms with Gasteiger partial charge in [0.05, 0.1) is 11.7 Å². The fourth-order valence-electron chi connectivity index (χ4n) is 2.20. The van der Waals surface area contributed by atoms with Gasteiger partial charge < -0.3 is 5.32 Å². The van der Waals surface area contributed by atoms with Crippen LogP contribution in [-0.2, 0) is 6.54 Å². The van der Waals surface area contributed by atoms with E-state index in [9.17, 15) is 4.79 Å². The lowest BCUT2D eigenvalue weighted by molar-refractivity contribution is 0.308.